The largest absolute Gasteiger partial charge is 0.282 e. The molecule has 0 radical (unpaired) electrons. The van der Waals surface area contributed by atoms with Crippen LogP contribution in [0.2, 0.25) is 0 Å². The van der Waals surface area contributed by atoms with Crippen molar-refractivity contribution in [3.05, 3.63) is 30.1 Å². The van der Waals surface area contributed by atoms with E-state index in [4.69, 9.17) is 0 Å². The molecule has 94 valence electrons. The monoisotopic (exact) mass is 255 g/mol. The summed E-state index contributed by atoms with van der Waals surface area (Å²) in [4.78, 5) is 4.01. The zero-order valence-corrected chi connectivity index (χ0v) is 10.9. The van der Waals surface area contributed by atoms with Crippen LogP contribution in [0.15, 0.2) is 24.5 Å². The van der Waals surface area contributed by atoms with Gasteiger partial charge in [0.1, 0.15) is 0 Å². The minimum Gasteiger partial charge on any atom is -0.264 e. The van der Waals surface area contributed by atoms with E-state index in [-0.39, 0.29) is 6.04 Å². The van der Waals surface area contributed by atoms with Crippen molar-refractivity contribution in [3.8, 4) is 0 Å². The van der Waals surface area contributed by atoms with Gasteiger partial charge in [-0.3, -0.25) is 4.98 Å². The van der Waals surface area contributed by atoms with Crippen molar-refractivity contribution in [2.75, 3.05) is 14.1 Å². The van der Waals surface area contributed by atoms with E-state index in [9.17, 15) is 8.42 Å². The third-order valence-corrected chi connectivity index (χ3v) is 4.72. The summed E-state index contributed by atoms with van der Waals surface area (Å²) in [6.45, 7) is 0.402. The molecule has 1 heterocycles. The van der Waals surface area contributed by atoms with Gasteiger partial charge in [-0.25, -0.2) is 0 Å². The summed E-state index contributed by atoms with van der Waals surface area (Å²) in [7, 11) is -0.208. The molecule has 0 atom stereocenters. The summed E-state index contributed by atoms with van der Waals surface area (Å²) in [5.74, 6) is 0. The van der Waals surface area contributed by atoms with E-state index in [1.807, 2.05) is 12.1 Å². The zero-order valence-electron chi connectivity index (χ0n) is 10.1. The number of rotatable bonds is 5. The molecule has 5 nitrogen and oxygen atoms in total. The van der Waals surface area contributed by atoms with Crippen LogP contribution < -0.4 is 0 Å². The first-order chi connectivity index (χ1) is 8.01. The summed E-state index contributed by atoms with van der Waals surface area (Å²) in [5, 5.41) is 0. The van der Waals surface area contributed by atoms with Crippen LogP contribution in [0.25, 0.3) is 0 Å². The quantitative estimate of drug-likeness (QED) is 0.784. The Bertz CT molecular complexity index is 469. The Morgan fingerprint density at radius 3 is 2.59 bits per heavy atom. The third kappa shape index (κ3) is 2.83. The molecule has 0 spiro atoms. The van der Waals surface area contributed by atoms with Crippen LogP contribution in [0.5, 0.6) is 0 Å². The van der Waals surface area contributed by atoms with Gasteiger partial charge in [0.15, 0.2) is 0 Å². The average molecular weight is 255 g/mol. The highest BCUT2D eigenvalue weighted by Gasteiger charge is 2.38. The van der Waals surface area contributed by atoms with E-state index in [0.717, 1.165) is 18.4 Å². The van der Waals surface area contributed by atoms with E-state index in [1.54, 1.807) is 30.8 Å². The molecule has 0 unspecified atom stereocenters. The predicted octanol–water partition coefficient (Wildman–Crippen LogP) is 0.852. The lowest BCUT2D eigenvalue weighted by molar-refractivity contribution is 0.363. The Kier molecular flexibility index (Phi) is 3.46. The van der Waals surface area contributed by atoms with Crippen LogP contribution in [0, 0.1) is 0 Å². The minimum atomic E-state index is -3.34. The van der Waals surface area contributed by atoms with Crippen molar-refractivity contribution in [3.63, 3.8) is 0 Å². The smallest absolute Gasteiger partial charge is 0.264 e. The second-order valence-electron chi connectivity index (χ2n) is 4.43. The molecule has 0 aliphatic heterocycles. The number of aromatic nitrogens is 1. The Morgan fingerprint density at radius 1 is 1.41 bits per heavy atom. The SMILES string of the molecule is CN(C)S(=O)(=O)N(Cc1cccnc1)C1CC1. The fraction of sp³-hybridized carbons (Fsp3) is 0.545. The molecular weight excluding hydrogens is 238 g/mol. The molecule has 1 aromatic rings. The predicted molar refractivity (Wildman–Crippen MR) is 65.4 cm³/mol. The van der Waals surface area contributed by atoms with Gasteiger partial charge >= 0.3 is 0 Å². The maximum atomic E-state index is 12.1. The van der Waals surface area contributed by atoms with E-state index in [2.05, 4.69) is 4.98 Å². The lowest BCUT2D eigenvalue weighted by Gasteiger charge is -2.25. The summed E-state index contributed by atoms with van der Waals surface area (Å²) in [6.07, 6.45) is 5.30. The molecule has 0 bridgehead atoms. The van der Waals surface area contributed by atoms with Gasteiger partial charge in [-0.15, -0.1) is 0 Å². The molecule has 1 saturated carbocycles. The molecule has 17 heavy (non-hydrogen) atoms. The Hall–Kier alpha value is -0.980. The fourth-order valence-corrected chi connectivity index (χ4v) is 2.96. The third-order valence-electron chi connectivity index (χ3n) is 2.77. The topological polar surface area (TPSA) is 53.5 Å². The Morgan fingerprint density at radius 2 is 2.12 bits per heavy atom. The minimum absolute atomic E-state index is 0.155. The molecule has 2 rings (SSSR count). The zero-order chi connectivity index (χ0) is 12.5. The van der Waals surface area contributed by atoms with E-state index >= 15 is 0 Å². The summed E-state index contributed by atoms with van der Waals surface area (Å²) in [5.41, 5.74) is 0.921. The highest BCUT2D eigenvalue weighted by Crippen LogP contribution is 2.31. The van der Waals surface area contributed by atoms with Crippen LogP contribution in [0.1, 0.15) is 18.4 Å². The first-order valence-electron chi connectivity index (χ1n) is 5.60. The van der Waals surface area contributed by atoms with Crippen molar-refractivity contribution in [2.45, 2.75) is 25.4 Å². The van der Waals surface area contributed by atoms with E-state index < -0.39 is 10.2 Å². The maximum absolute atomic E-state index is 12.1. The van der Waals surface area contributed by atoms with Crippen LogP contribution in [0.3, 0.4) is 0 Å². The maximum Gasteiger partial charge on any atom is 0.282 e. The number of pyridine rings is 1. The van der Waals surface area contributed by atoms with Crippen molar-refractivity contribution in [1.29, 1.82) is 0 Å². The first kappa shape index (κ1) is 12.5. The summed E-state index contributed by atoms with van der Waals surface area (Å²) < 4.78 is 27.1. The van der Waals surface area contributed by atoms with Crippen molar-refractivity contribution in [2.24, 2.45) is 0 Å². The lowest BCUT2D eigenvalue weighted by Crippen LogP contribution is -2.40. The molecule has 1 aliphatic rings. The van der Waals surface area contributed by atoms with E-state index in [1.165, 1.54) is 4.31 Å². The highest BCUT2D eigenvalue weighted by molar-refractivity contribution is 7.86. The molecule has 0 saturated heterocycles. The molecule has 1 aliphatic carbocycles. The highest BCUT2D eigenvalue weighted by atomic mass is 32.2. The fourth-order valence-electron chi connectivity index (χ4n) is 1.64. The number of hydrogen-bond donors (Lipinski definition) is 0. The van der Waals surface area contributed by atoms with Gasteiger partial charge < -0.3 is 0 Å². The molecule has 1 fully saturated rings. The first-order valence-corrected chi connectivity index (χ1v) is 6.99. The van der Waals surface area contributed by atoms with Gasteiger partial charge in [0.2, 0.25) is 0 Å². The van der Waals surface area contributed by atoms with Gasteiger partial charge in [-0.05, 0) is 24.5 Å². The summed E-state index contributed by atoms with van der Waals surface area (Å²) >= 11 is 0. The van der Waals surface area contributed by atoms with Crippen molar-refractivity contribution >= 4 is 10.2 Å². The van der Waals surface area contributed by atoms with Crippen molar-refractivity contribution < 1.29 is 8.42 Å². The van der Waals surface area contributed by atoms with Crippen LogP contribution in [-0.4, -0.2) is 42.1 Å². The van der Waals surface area contributed by atoms with Crippen LogP contribution in [-0.2, 0) is 16.8 Å². The second kappa shape index (κ2) is 4.72. The van der Waals surface area contributed by atoms with E-state index in [0.29, 0.717) is 6.54 Å². The van der Waals surface area contributed by atoms with Gasteiger partial charge in [-0.2, -0.15) is 17.0 Å². The van der Waals surface area contributed by atoms with Crippen LogP contribution >= 0.6 is 0 Å². The molecule has 6 heteroatoms. The lowest BCUT2D eigenvalue weighted by atomic mass is 10.3. The van der Waals surface area contributed by atoms with Gasteiger partial charge in [-0.1, -0.05) is 6.07 Å². The Balaban J connectivity index is 2.20. The Labute approximate surface area is 102 Å². The number of nitrogens with zero attached hydrogens (tertiary/aromatic N) is 3. The summed E-state index contributed by atoms with van der Waals surface area (Å²) in [6, 6.07) is 3.87. The normalized spacial score (nSPS) is 16.7. The molecule has 0 aromatic carbocycles. The molecular formula is C11H17N3O2S. The molecule has 0 amide bonds. The molecule has 0 N–H and O–H groups in total. The van der Waals surface area contributed by atoms with Crippen molar-refractivity contribution in [1.82, 2.24) is 13.6 Å². The van der Waals surface area contributed by atoms with Gasteiger partial charge in [0.05, 0.1) is 0 Å². The molecule has 1 aromatic heterocycles. The van der Waals surface area contributed by atoms with Gasteiger partial charge in [0.25, 0.3) is 10.2 Å². The average Bonchev–Trinajstić information content (AvgIpc) is 3.10. The number of hydrogen-bond acceptors (Lipinski definition) is 3. The van der Waals surface area contributed by atoms with Crippen LogP contribution in [0.4, 0.5) is 0 Å². The standard InChI is InChI=1S/C11H17N3O2S/c1-13(2)17(15,16)14(11-5-6-11)9-10-4-3-7-12-8-10/h3-4,7-8,11H,5-6,9H2,1-2H3. The van der Waals surface area contributed by atoms with Gasteiger partial charge in [0, 0.05) is 39.1 Å². The second-order valence-corrected chi connectivity index (χ2v) is 6.52.